The third-order valence-corrected chi connectivity index (χ3v) is 5.11. The summed E-state index contributed by atoms with van der Waals surface area (Å²) in [7, 11) is 0. The molecule has 0 aliphatic heterocycles. The molecule has 0 fully saturated rings. The average Bonchev–Trinajstić information content (AvgIpc) is 3.15. The van der Waals surface area contributed by atoms with Gasteiger partial charge in [-0.3, -0.25) is 14.3 Å². The number of carbonyl (C=O) groups excluding carboxylic acids is 2. The third-order valence-electron chi connectivity index (χ3n) is 3.77. The lowest BCUT2D eigenvalue weighted by Gasteiger charge is -2.18. The van der Waals surface area contributed by atoms with Crippen LogP contribution in [0.3, 0.4) is 0 Å². The number of nitrogens with zero attached hydrogens (tertiary/aromatic N) is 2. The molecule has 1 aromatic heterocycles. The van der Waals surface area contributed by atoms with E-state index >= 15 is 0 Å². The van der Waals surface area contributed by atoms with Crippen LogP contribution < -0.4 is 10.6 Å². The molecule has 26 heavy (non-hydrogen) atoms. The van der Waals surface area contributed by atoms with E-state index < -0.39 is 6.04 Å². The highest BCUT2D eigenvalue weighted by atomic mass is 79.9. The van der Waals surface area contributed by atoms with Gasteiger partial charge < -0.3 is 10.6 Å². The summed E-state index contributed by atoms with van der Waals surface area (Å²) in [5.74, 6) is 0.386. The molecule has 8 heteroatoms. The molecular weight excluding hydrogens is 416 g/mol. The standard InChI is InChI=1S/C18H23BrN4O2S/c1-26-13-8-16(22-17(24)14-6-2-3-7-15(14)19)18(25)20-9-4-11-23-12-5-10-21-23/h2-3,5-7,10,12,16H,4,8-9,11,13H2,1H3,(H,20,25)(H,22,24)/t16-/m1/s1. The smallest absolute Gasteiger partial charge is 0.253 e. The molecule has 1 heterocycles. The molecule has 0 unspecified atom stereocenters. The monoisotopic (exact) mass is 438 g/mol. The van der Waals surface area contributed by atoms with E-state index in [1.807, 2.05) is 29.3 Å². The lowest BCUT2D eigenvalue weighted by Crippen LogP contribution is -2.47. The molecule has 2 N–H and O–H groups in total. The second kappa shape index (κ2) is 11.0. The van der Waals surface area contributed by atoms with E-state index in [-0.39, 0.29) is 11.8 Å². The molecule has 0 spiro atoms. The van der Waals surface area contributed by atoms with Crippen molar-refractivity contribution in [2.75, 3.05) is 18.6 Å². The van der Waals surface area contributed by atoms with Crippen LogP contribution in [0.5, 0.6) is 0 Å². The minimum Gasteiger partial charge on any atom is -0.354 e. The van der Waals surface area contributed by atoms with Crippen LogP contribution in [0.15, 0.2) is 47.2 Å². The van der Waals surface area contributed by atoms with E-state index in [0.717, 1.165) is 18.7 Å². The van der Waals surface area contributed by atoms with Crippen LogP contribution in [0.2, 0.25) is 0 Å². The Morgan fingerprint density at radius 2 is 2.12 bits per heavy atom. The van der Waals surface area contributed by atoms with Gasteiger partial charge in [0.25, 0.3) is 5.91 Å². The summed E-state index contributed by atoms with van der Waals surface area (Å²) < 4.78 is 2.53. The molecule has 2 rings (SSSR count). The van der Waals surface area contributed by atoms with E-state index in [1.54, 1.807) is 36.2 Å². The zero-order chi connectivity index (χ0) is 18.8. The van der Waals surface area contributed by atoms with Crippen molar-refractivity contribution in [1.82, 2.24) is 20.4 Å². The maximum Gasteiger partial charge on any atom is 0.253 e. The Bertz CT molecular complexity index is 709. The molecule has 0 saturated carbocycles. The molecule has 2 aromatic rings. The Hall–Kier alpha value is -1.80. The van der Waals surface area contributed by atoms with Crippen molar-refractivity contribution in [3.63, 3.8) is 0 Å². The van der Waals surface area contributed by atoms with Crippen LogP contribution in [0.25, 0.3) is 0 Å². The van der Waals surface area contributed by atoms with Gasteiger partial charge in [-0.2, -0.15) is 16.9 Å². The molecular formula is C18H23BrN4O2S. The quantitative estimate of drug-likeness (QED) is 0.559. The van der Waals surface area contributed by atoms with Gasteiger partial charge in [0, 0.05) is 30.0 Å². The zero-order valence-corrected chi connectivity index (χ0v) is 17.1. The largest absolute Gasteiger partial charge is 0.354 e. The first kappa shape index (κ1) is 20.5. The number of amides is 2. The van der Waals surface area contributed by atoms with Crippen molar-refractivity contribution in [3.8, 4) is 0 Å². The van der Waals surface area contributed by atoms with Crippen LogP contribution in [-0.4, -0.2) is 46.2 Å². The summed E-state index contributed by atoms with van der Waals surface area (Å²) >= 11 is 5.02. The van der Waals surface area contributed by atoms with Crippen molar-refractivity contribution in [2.45, 2.75) is 25.4 Å². The van der Waals surface area contributed by atoms with E-state index in [9.17, 15) is 9.59 Å². The maximum atomic E-state index is 12.5. The highest BCUT2D eigenvalue weighted by Gasteiger charge is 2.21. The Balaban J connectivity index is 1.87. The summed E-state index contributed by atoms with van der Waals surface area (Å²) in [6.07, 6.45) is 6.97. The van der Waals surface area contributed by atoms with Gasteiger partial charge in [-0.15, -0.1) is 0 Å². The summed E-state index contributed by atoms with van der Waals surface area (Å²) in [6, 6.07) is 8.50. The molecule has 0 radical (unpaired) electrons. The van der Waals surface area contributed by atoms with Gasteiger partial charge in [-0.05, 0) is 59.0 Å². The topological polar surface area (TPSA) is 76.0 Å². The Morgan fingerprint density at radius 3 is 2.81 bits per heavy atom. The van der Waals surface area contributed by atoms with Gasteiger partial charge in [-0.1, -0.05) is 12.1 Å². The first-order valence-electron chi connectivity index (χ1n) is 8.41. The summed E-state index contributed by atoms with van der Waals surface area (Å²) in [4.78, 5) is 25.0. The number of benzene rings is 1. The fourth-order valence-electron chi connectivity index (χ4n) is 2.39. The van der Waals surface area contributed by atoms with Crippen LogP contribution in [-0.2, 0) is 11.3 Å². The normalized spacial score (nSPS) is 11.8. The number of carbonyl (C=O) groups is 2. The fourth-order valence-corrected chi connectivity index (χ4v) is 3.33. The molecule has 6 nitrogen and oxygen atoms in total. The first-order valence-corrected chi connectivity index (χ1v) is 10.6. The summed E-state index contributed by atoms with van der Waals surface area (Å²) in [6.45, 7) is 1.28. The molecule has 0 aliphatic carbocycles. The van der Waals surface area contributed by atoms with E-state index in [4.69, 9.17) is 0 Å². The number of hydrogen-bond acceptors (Lipinski definition) is 4. The second-order valence-corrected chi connectivity index (χ2v) is 7.54. The van der Waals surface area contributed by atoms with Gasteiger partial charge in [0.2, 0.25) is 5.91 Å². The van der Waals surface area contributed by atoms with Crippen LogP contribution in [0, 0.1) is 0 Å². The minimum absolute atomic E-state index is 0.153. The molecule has 0 saturated heterocycles. The lowest BCUT2D eigenvalue weighted by atomic mass is 10.1. The van der Waals surface area contributed by atoms with Gasteiger partial charge in [0.15, 0.2) is 0 Å². The SMILES string of the molecule is CSCC[C@@H](NC(=O)c1ccccc1Br)C(=O)NCCCn1cccn1. The molecule has 1 aromatic carbocycles. The number of hydrogen-bond donors (Lipinski definition) is 2. The van der Waals surface area contributed by atoms with E-state index in [1.165, 1.54) is 0 Å². The Kier molecular flexibility index (Phi) is 8.70. The van der Waals surface area contributed by atoms with E-state index in [0.29, 0.717) is 23.0 Å². The Morgan fingerprint density at radius 1 is 1.31 bits per heavy atom. The van der Waals surface area contributed by atoms with Crippen molar-refractivity contribution in [2.24, 2.45) is 0 Å². The third kappa shape index (κ3) is 6.49. The zero-order valence-electron chi connectivity index (χ0n) is 14.7. The number of aromatic nitrogens is 2. The maximum absolute atomic E-state index is 12.5. The van der Waals surface area contributed by atoms with Gasteiger partial charge in [0.1, 0.15) is 6.04 Å². The van der Waals surface area contributed by atoms with Gasteiger partial charge in [0.05, 0.1) is 5.56 Å². The number of nitrogens with one attached hydrogen (secondary N) is 2. The average molecular weight is 439 g/mol. The van der Waals surface area contributed by atoms with Crippen molar-refractivity contribution in [3.05, 3.63) is 52.8 Å². The first-order chi connectivity index (χ1) is 12.6. The van der Waals surface area contributed by atoms with E-state index in [2.05, 4.69) is 31.7 Å². The van der Waals surface area contributed by atoms with Crippen LogP contribution >= 0.6 is 27.7 Å². The predicted molar refractivity (Wildman–Crippen MR) is 108 cm³/mol. The number of thioether (sulfide) groups is 1. The van der Waals surface area contributed by atoms with Crippen molar-refractivity contribution >= 4 is 39.5 Å². The lowest BCUT2D eigenvalue weighted by molar-refractivity contribution is -0.123. The second-order valence-electron chi connectivity index (χ2n) is 5.70. The molecule has 140 valence electrons. The fraction of sp³-hybridized carbons (Fsp3) is 0.389. The van der Waals surface area contributed by atoms with Crippen molar-refractivity contribution in [1.29, 1.82) is 0 Å². The molecule has 1 atom stereocenters. The van der Waals surface area contributed by atoms with Gasteiger partial charge in [-0.25, -0.2) is 0 Å². The molecule has 0 bridgehead atoms. The summed E-state index contributed by atoms with van der Waals surface area (Å²) in [5, 5.41) is 9.89. The van der Waals surface area contributed by atoms with Gasteiger partial charge >= 0.3 is 0 Å². The van der Waals surface area contributed by atoms with Crippen LogP contribution in [0.4, 0.5) is 0 Å². The minimum atomic E-state index is -0.549. The number of rotatable bonds is 10. The summed E-state index contributed by atoms with van der Waals surface area (Å²) in [5.41, 5.74) is 0.521. The highest BCUT2D eigenvalue weighted by molar-refractivity contribution is 9.10. The highest BCUT2D eigenvalue weighted by Crippen LogP contribution is 2.16. The number of halogens is 1. The van der Waals surface area contributed by atoms with Crippen LogP contribution in [0.1, 0.15) is 23.2 Å². The predicted octanol–water partition coefficient (Wildman–Crippen LogP) is 2.70. The Labute approximate surface area is 166 Å². The molecule has 0 aliphatic rings. The number of aryl methyl sites for hydroxylation is 1. The molecule has 2 amide bonds. The van der Waals surface area contributed by atoms with Crippen molar-refractivity contribution < 1.29 is 9.59 Å².